The van der Waals surface area contributed by atoms with Crippen LogP contribution in [-0.4, -0.2) is 41.5 Å². The molecule has 2 N–H and O–H groups in total. The number of benzene rings is 1. The van der Waals surface area contributed by atoms with Crippen LogP contribution >= 0.6 is 0 Å². The second-order valence-electron chi connectivity index (χ2n) is 5.36. The summed E-state index contributed by atoms with van der Waals surface area (Å²) in [7, 11) is 0. The molecule has 2 rings (SSSR count). The van der Waals surface area contributed by atoms with Gasteiger partial charge in [-0.05, 0) is 43.5 Å². The molecule has 0 aliphatic carbocycles. The highest BCUT2D eigenvalue weighted by Gasteiger charge is 2.26. The third-order valence-corrected chi connectivity index (χ3v) is 3.68. The summed E-state index contributed by atoms with van der Waals surface area (Å²) in [5, 5.41) is 11.8. The van der Waals surface area contributed by atoms with E-state index >= 15 is 0 Å². The lowest BCUT2D eigenvalue weighted by molar-refractivity contribution is -0.145. The van der Waals surface area contributed by atoms with Crippen molar-refractivity contribution in [2.45, 2.75) is 19.8 Å². The van der Waals surface area contributed by atoms with Gasteiger partial charge in [-0.25, -0.2) is 4.39 Å². The summed E-state index contributed by atoms with van der Waals surface area (Å²) in [6, 6.07) is 4.54. The molecule has 0 radical (unpaired) electrons. The van der Waals surface area contributed by atoms with Crippen molar-refractivity contribution < 1.29 is 19.1 Å². The molecular weight excluding hydrogens is 275 g/mol. The summed E-state index contributed by atoms with van der Waals surface area (Å²) >= 11 is 0. The Kier molecular flexibility index (Phi) is 4.77. The minimum Gasteiger partial charge on any atom is -0.481 e. The maximum absolute atomic E-state index is 13.2. The van der Waals surface area contributed by atoms with Crippen molar-refractivity contribution in [3.63, 3.8) is 0 Å². The summed E-state index contributed by atoms with van der Waals surface area (Å²) in [4.78, 5) is 24.5. The summed E-state index contributed by atoms with van der Waals surface area (Å²) in [6.07, 6.45) is 0.973. The number of carboxylic acids is 1. The number of aryl methyl sites for hydroxylation is 1. The molecule has 1 fully saturated rings. The highest BCUT2D eigenvalue weighted by atomic mass is 19.1. The van der Waals surface area contributed by atoms with Crippen LogP contribution in [0.5, 0.6) is 0 Å². The van der Waals surface area contributed by atoms with E-state index in [1.54, 1.807) is 17.9 Å². The van der Waals surface area contributed by atoms with Gasteiger partial charge >= 0.3 is 5.97 Å². The van der Waals surface area contributed by atoms with Crippen LogP contribution in [0.4, 0.5) is 10.1 Å². The standard InChI is InChI=1S/C15H19FN2O3/c1-10-6-12(16)8-13(7-10)17-9-14(19)18-4-2-11(3-5-18)15(20)21/h6-8,11,17H,2-5,9H2,1H3,(H,20,21). The summed E-state index contributed by atoms with van der Waals surface area (Å²) in [5.74, 6) is -1.59. The van der Waals surface area contributed by atoms with Gasteiger partial charge in [0.05, 0.1) is 12.5 Å². The van der Waals surface area contributed by atoms with E-state index in [4.69, 9.17) is 5.11 Å². The van der Waals surface area contributed by atoms with Crippen molar-refractivity contribution in [2.75, 3.05) is 25.0 Å². The van der Waals surface area contributed by atoms with E-state index in [1.807, 2.05) is 0 Å². The zero-order valence-corrected chi connectivity index (χ0v) is 11.9. The van der Waals surface area contributed by atoms with Crippen LogP contribution < -0.4 is 5.32 Å². The fourth-order valence-corrected chi connectivity index (χ4v) is 2.50. The number of amides is 1. The van der Waals surface area contributed by atoms with Crippen LogP contribution in [0.2, 0.25) is 0 Å². The molecule has 1 aliphatic heterocycles. The van der Waals surface area contributed by atoms with E-state index in [0.717, 1.165) is 5.56 Å². The first-order chi connectivity index (χ1) is 9.95. The molecule has 0 aromatic heterocycles. The van der Waals surface area contributed by atoms with Gasteiger partial charge in [-0.3, -0.25) is 9.59 Å². The van der Waals surface area contributed by atoms with E-state index in [1.165, 1.54) is 12.1 Å². The maximum atomic E-state index is 13.2. The predicted molar refractivity (Wildman–Crippen MR) is 76.6 cm³/mol. The zero-order valence-electron chi connectivity index (χ0n) is 11.9. The van der Waals surface area contributed by atoms with Crippen molar-refractivity contribution in [3.8, 4) is 0 Å². The normalized spacial score (nSPS) is 15.8. The van der Waals surface area contributed by atoms with E-state index in [2.05, 4.69) is 5.32 Å². The molecule has 0 spiro atoms. The number of halogens is 1. The molecule has 0 unspecified atom stereocenters. The molecule has 1 aromatic rings. The number of piperidine rings is 1. The predicted octanol–water partition coefficient (Wildman–Crippen LogP) is 1.87. The first-order valence-corrected chi connectivity index (χ1v) is 6.97. The SMILES string of the molecule is Cc1cc(F)cc(NCC(=O)N2CCC(C(=O)O)CC2)c1. The number of carbonyl (C=O) groups excluding carboxylic acids is 1. The Hall–Kier alpha value is -2.11. The Morgan fingerprint density at radius 2 is 2.00 bits per heavy atom. The highest BCUT2D eigenvalue weighted by Crippen LogP contribution is 2.18. The lowest BCUT2D eigenvalue weighted by Crippen LogP contribution is -2.42. The number of carbonyl (C=O) groups is 2. The number of anilines is 1. The van der Waals surface area contributed by atoms with Gasteiger partial charge < -0.3 is 15.3 Å². The van der Waals surface area contributed by atoms with Crippen LogP contribution in [0, 0.1) is 18.7 Å². The third kappa shape index (κ3) is 4.18. The largest absolute Gasteiger partial charge is 0.481 e. The Labute approximate surface area is 122 Å². The minimum absolute atomic E-state index is 0.0840. The Bertz CT molecular complexity index is 519. The van der Waals surface area contributed by atoms with Gasteiger partial charge in [0.1, 0.15) is 5.82 Å². The molecular formula is C15H19FN2O3. The number of hydrogen-bond donors (Lipinski definition) is 2. The van der Waals surface area contributed by atoms with Gasteiger partial charge in [0.25, 0.3) is 0 Å². The molecule has 0 bridgehead atoms. The first-order valence-electron chi connectivity index (χ1n) is 6.97. The van der Waals surface area contributed by atoms with Gasteiger partial charge in [-0.2, -0.15) is 0 Å². The smallest absolute Gasteiger partial charge is 0.306 e. The van der Waals surface area contributed by atoms with Crippen LogP contribution in [0.25, 0.3) is 0 Å². The summed E-state index contributed by atoms with van der Waals surface area (Å²) < 4.78 is 13.2. The molecule has 1 amide bonds. The molecule has 5 nitrogen and oxygen atoms in total. The molecule has 1 heterocycles. The first kappa shape index (κ1) is 15.3. The van der Waals surface area contributed by atoms with Crippen molar-refractivity contribution in [1.82, 2.24) is 4.90 Å². The number of hydrogen-bond acceptors (Lipinski definition) is 3. The number of nitrogens with zero attached hydrogens (tertiary/aromatic N) is 1. The molecule has 0 saturated carbocycles. The number of nitrogens with one attached hydrogen (secondary N) is 1. The van der Waals surface area contributed by atoms with Gasteiger partial charge in [0.15, 0.2) is 0 Å². The average Bonchev–Trinajstić information content (AvgIpc) is 2.44. The second-order valence-corrected chi connectivity index (χ2v) is 5.36. The molecule has 114 valence electrons. The van der Waals surface area contributed by atoms with E-state index in [-0.39, 0.29) is 24.2 Å². The topological polar surface area (TPSA) is 69.6 Å². The van der Waals surface area contributed by atoms with Crippen LogP contribution in [0.1, 0.15) is 18.4 Å². The van der Waals surface area contributed by atoms with E-state index in [0.29, 0.717) is 31.6 Å². The van der Waals surface area contributed by atoms with Crippen LogP contribution in [0.3, 0.4) is 0 Å². The molecule has 1 aliphatic rings. The fraction of sp³-hybridized carbons (Fsp3) is 0.467. The highest BCUT2D eigenvalue weighted by molar-refractivity contribution is 5.81. The Balaban J connectivity index is 1.84. The third-order valence-electron chi connectivity index (χ3n) is 3.68. The van der Waals surface area contributed by atoms with Crippen LogP contribution in [-0.2, 0) is 9.59 Å². The zero-order chi connectivity index (χ0) is 15.4. The minimum atomic E-state index is -0.796. The maximum Gasteiger partial charge on any atom is 0.306 e. The molecule has 1 aromatic carbocycles. The number of rotatable bonds is 4. The number of carboxylic acid groups (broad SMARTS) is 1. The van der Waals surface area contributed by atoms with Crippen molar-refractivity contribution >= 4 is 17.6 Å². The van der Waals surface area contributed by atoms with Crippen molar-refractivity contribution in [2.24, 2.45) is 5.92 Å². The average molecular weight is 294 g/mol. The van der Waals surface area contributed by atoms with Crippen LogP contribution in [0.15, 0.2) is 18.2 Å². The molecule has 1 saturated heterocycles. The summed E-state index contributed by atoms with van der Waals surface area (Å²) in [5.41, 5.74) is 1.36. The monoisotopic (exact) mass is 294 g/mol. The van der Waals surface area contributed by atoms with Gasteiger partial charge in [-0.15, -0.1) is 0 Å². The second kappa shape index (κ2) is 6.56. The van der Waals surface area contributed by atoms with Gasteiger partial charge in [0.2, 0.25) is 5.91 Å². The lowest BCUT2D eigenvalue weighted by Gasteiger charge is -2.30. The summed E-state index contributed by atoms with van der Waals surface area (Å²) in [6.45, 7) is 2.78. The molecule has 21 heavy (non-hydrogen) atoms. The van der Waals surface area contributed by atoms with Crippen molar-refractivity contribution in [1.29, 1.82) is 0 Å². The number of likely N-dealkylation sites (tertiary alicyclic amines) is 1. The van der Waals surface area contributed by atoms with E-state index in [9.17, 15) is 14.0 Å². The molecule has 0 atom stereocenters. The lowest BCUT2D eigenvalue weighted by atomic mass is 9.97. The number of aliphatic carboxylic acids is 1. The van der Waals surface area contributed by atoms with Gasteiger partial charge in [0, 0.05) is 18.8 Å². The Morgan fingerprint density at radius 1 is 1.33 bits per heavy atom. The van der Waals surface area contributed by atoms with E-state index < -0.39 is 5.97 Å². The Morgan fingerprint density at radius 3 is 2.57 bits per heavy atom. The molecule has 6 heteroatoms. The van der Waals surface area contributed by atoms with Gasteiger partial charge in [-0.1, -0.05) is 0 Å². The fourth-order valence-electron chi connectivity index (χ4n) is 2.50. The van der Waals surface area contributed by atoms with Crippen molar-refractivity contribution in [3.05, 3.63) is 29.6 Å². The quantitative estimate of drug-likeness (QED) is 0.889.